The van der Waals surface area contributed by atoms with Gasteiger partial charge in [-0.15, -0.1) is 0 Å². The zero-order valence-corrected chi connectivity index (χ0v) is 11.7. The first-order chi connectivity index (χ1) is 9.04. The van der Waals surface area contributed by atoms with Crippen molar-refractivity contribution in [1.82, 2.24) is 4.72 Å². The maximum absolute atomic E-state index is 12.1. The Balaban J connectivity index is 2.44. The topological polar surface area (TPSA) is 84.7 Å². The number of sulfonamides is 1. The number of hydrogen-bond donors (Lipinski definition) is 2. The molecule has 1 fully saturated rings. The van der Waals surface area contributed by atoms with Crippen LogP contribution in [0.2, 0.25) is 0 Å². The zero-order valence-electron chi connectivity index (χ0n) is 10.9. The molecule has 0 aromatic heterocycles. The molecule has 0 saturated carbocycles. The third-order valence-corrected chi connectivity index (χ3v) is 4.55. The Hall–Kier alpha value is -1.31. The van der Waals surface area contributed by atoms with E-state index in [0.717, 1.165) is 13.0 Å². The summed E-state index contributed by atoms with van der Waals surface area (Å²) in [4.78, 5) is 2.24. The number of nitrogens with zero attached hydrogens (tertiary/aromatic N) is 1. The lowest BCUT2D eigenvalue weighted by atomic mass is 10.2. The van der Waals surface area contributed by atoms with E-state index in [1.165, 1.54) is 13.1 Å². The van der Waals surface area contributed by atoms with Crippen molar-refractivity contribution in [2.75, 3.05) is 44.0 Å². The third-order valence-electron chi connectivity index (χ3n) is 3.11. The van der Waals surface area contributed by atoms with E-state index in [2.05, 4.69) is 4.72 Å². The minimum atomic E-state index is -3.53. The Morgan fingerprint density at radius 1 is 1.32 bits per heavy atom. The molecule has 1 aliphatic heterocycles. The number of rotatable bonds is 3. The Kier molecular flexibility index (Phi) is 4.28. The van der Waals surface area contributed by atoms with Gasteiger partial charge in [0.25, 0.3) is 0 Å². The molecule has 1 saturated heterocycles. The smallest absolute Gasteiger partial charge is 0.242 e. The van der Waals surface area contributed by atoms with Gasteiger partial charge in [0.05, 0.1) is 12.3 Å². The number of hydrogen-bond acceptors (Lipinski definition) is 5. The molecule has 1 aliphatic rings. The molecule has 0 amide bonds. The van der Waals surface area contributed by atoms with Gasteiger partial charge in [-0.05, 0) is 31.7 Å². The quantitative estimate of drug-likeness (QED) is 0.786. The Morgan fingerprint density at radius 3 is 2.84 bits per heavy atom. The first kappa shape index (κ1) is 14.1. The number of benzene rings is 1. The summed E-state index contributed by atoms with van der Waals surface area (Å²) in [6, 6.07) is 4.97. The molecule has 1 aromatic rings. The Morgan fingerprint density at radius 2 is 2.11 bits per heavy atom. The summed E-state index contributed by atoms with van der Waals surface area (Å²) in [7, 11) is -2.13. The van der Waals surface area contributed by atoms with Gasteiger partial charge in [0.1, 0.15) is 4.90 Å². The molecule has 0 spiro atoms. The van der Waals surface area contributed by atoms with Gasteiger partial charge in [0.2, 0.25) is 10.0 Å². The van der Waals surface area contributed by atoms with Crippen LogP contribution in [0.25, 0.3) is 0 Å². The second-order valence-corrected chi connectivity index (χ2v) is 6.24. The van der Waals surface area contributed by atoms with Crippen molar-refractivity contribution in [2.45, 2.75) is 11.3 Å². The van der Waals surface area contributed by atoms with Gasteiger partial charge in [0.15, 0.2) is 0 Å². The van der Waals surface area contributed by atoms with Crippen LogP contribution in [0.5, 0.6) is 0 Å². The number of nitrogens with two attached hydrogens (primary N) is 1. The molecule has 3 N–H and O–H groups in total. The number of nitrogen functional groups attached to an aromatic ring is 1. The second kappa shape index (κ2) is 5.77. The van der Waals surface area contributed by atoms with Crippen molar-refractivity contribution in [3.8, 4) is 0 Å². The monoisotopic (exact) mass is 285 g/mol. The van der Waals surface area contributed by atoms with E-state index in [1.807, 2.05) is 4.90 Å². The average molecular weight is 285 g/mol. The van der Waals surface area contributed by atoms with Crippen molar-refractivity contribution >= 4 is 21.4 Å². The van der Waals surface area contributed by atoms with Gasteiger partial charge >= 0.3 is 0 Å². The number of ether oxygens (including phenoxy) is 1. The molecule has 0 aliphatic carbocycles. The molecule has 19 heavy (non-hydrogen) atoms. The van der Waals surface area contributed by atoms with Crippen molar-refractivity contribution in [3.63, 3.8) is 0 Å². The van der Waals surface area contributed by atoms with E-state index >= 15 is 0 Å². The van der Waals surface area contributed by atoms with Crippen LogP contribution in [0.3, 0.4) is 0 Å². The van der Waals surface area contributed by atoms with Crippen LogP contribution >= 0.6 is 0 Å². The van der Waals surface area contributed by atoms with Crippen LogP contribution in [0, 0.1) is 0 Å². The number of nitrogens with one attached hydrogen (secondary N) is 1. The maximum Gasteiger partial charge on any atom is 0.242 e. The van der Waals surface area contributed by atoms with Crippen molar-refractivity contribution in [2.24, 2.45) is 0 Å². The molecule has 106 valence electrons. The fourth-order valence-corrected chi connectivity index (χ4v) is 3.09. The molecule has 7 heteroatoms. The van der Waals surface area contributed by atoms with E-state index in [-0.39, 0.29) is 4.90 Å². The van der Waals surface area contributed by atoms with Gasteiger partial charge in [0, 0.05) is 25.4 Å². The zero-order chi connectivity index (χ0) is 13.9. The van der Waals surface area contributed by atoms with Crippen LogP contribution in [-0.2, 0) is 14.8 Å². The summed E-state index contributed by atoms with van der Waals surface area (Å²) in [5, 5.41) is 0. The molecule has 0 unspecified atom stereocenters. The van der Waals surface area contributed by atoms with Crippen molar-refractivity contribution < 1.29 is 13.2 Å². The highest BCUT2D eigenvalue weighted by molar-refractivity contribution is 7.89. The molecule has 0 bridgehead atoms. The van der Waals surface area contributed by atoms with Crippen molar-refractivity contribution in [1.29, 1.82) is 0 Å². The average Bonchev–Trinajstić information content (AvgIpc) is 2.67. The van der Waals surface area contributed by atoms with Gasteiger partial charge in [-0.1, -0.05) is 0 Å². The molecule has 6 nitrogen and oxygen atoms in total. The van der Waals surface area contributed by atoms with Gasteiger partial charge in [-0.2, -0.15) is 0 Å². The lowest BCUT2D eigenvalue weighted by molar-refractivity contribution is 0.152. The van der Waals surface area contributed by atoms with E-state index in [1.54, 1.807) is 12.1 Å². The molecular formula is C12H19N3O3S. The largest absolute Gasteiger partial charge is 0.399 e. The summed E-state index contributed by atoms with van der Waals surface area (Å²) in [5.74, 6) is 0. The molecule has 0 atom stereocenters. The predicted octanol–water partition coefficient (Wildman–Crippen LogP) is 0.404. The minimum absolute atomic E-state index is 0.219. The minimum Gasteiger partial charge on any atom is -0.399 e. The highest BCUT2D eigenvalue weighted by atomic mass is 32.2. The Bertz CT molecular complexity index is 537. The van der Waals surface area contributed by atoms with Crippen LogP contribution in [0.15, 0.2) is 23.1 Å². The summed E-state index contributed by atoms with van der Waals surface area (Å²) in [5.41, 5.74) is 6.81. The summed E-state index contributed by atoms with van der Waals surface area (Å²) in [6.07, 6.45) is 0.878. The third kappa shape index (κ3) is 3.17. The van der Waals surface area contributed by atoms with Crippen LogP contribution in [0.1, 0.15) is 6.42 Å². The van der Waals surface area contributed by atoms with E-state index in [4.69, 9.17) is 10.5 Å². The van der Waals surface area contributed by atoms with Crippen molar-refractivity contribution in [3.05, 3.63) is 18.2 Å². The highest BCUT2D eigenvalue weighted by Crippen LogP contribution is 2.28. The second-order valence-electron chi connectivity index (χ2n) is 4.39. The standard InChI is InChI=1S/C12H19N3O3S/c1-14-19(16,17)12-9-10(13)3-4-11(12)15-5-2-7-18-8-6-15/h3-4,9,14H,2,5-8,13H2,1H3. The summed E-state index contributed by atoms with van der Waals surface area (Å²) < 4.78 is 31.9. The molecule has 0 radical (unpaired) electrons. The van der Waals surface area contributed by atoms with Crippen LogP contribution in [-0.4, -0.2) is 41.8 Å². The first-order valence-corrected chi connectivity index (χ1v) is 7.68. The molecule has 1 heterocycles. The predicted molar refractivity (Wildman–Crippen MR) is 74.7 cm³/mol. The normalized spacial score (nSPS) is 17.2. The van der Waals surface area contributed by atoms with E-state index < -0.39 is 10.0 Å². The Labute approximate surface area is 113 Å². The SMILES string of the molecule is CNS(=O)(=O)c1cc(N)ccc1N1CCCOCC1. The van der Waals surface area contributed by atoms with E-state index in [0.29, 0.717) is 31.1 Å². The first-order valence-electron chi connectivity index (χ1n) is 6.20. The summed E-state index contributed by atoms with van der Waals surface area (Å²) >= 11 is 0. The van der Waals surface area contributed by atoms with Gasteiger partial charge in [-0.25, -0.2) is 13.1 Å². The number of anilines is 2. The molecular weight excluding hydrogens is 266 g/mol. The van der Waals surface area contributed by atoms with Crippen LogP contribution in [0.4, 0.5) is 11.4 Å². The lowest BCUT2D eigenvalue weighted by Crippen LogP contribution is -2.29. The fourth-order valence-electron chi connectivity index (χ4n) is 2.10. The highest BCUT2D eigenvalue weighted by Gasteiger charge is 2.21. The van der Waals surface area contributed by atoms with Gasteiger partial charge < -0.3 is 15.4 Å². The molecule has 1 aromatic carbocycles. The molecule has 2 rings (SSSR count). The van der Waals surface area contributed by atoms with Crippen LogP contribution < -0.4 is 15.4 Å². The summed E-state index contributed by atoms with van der Waals surface area (Å²) in [6.45, 7) is 2.76. The lowest BCUT2D eigenvalue weighted by Gasteiger charge is -2.24. The maximum atomic E-state index is 12.1. The van der Waals surface area contributed by atoms with Gasteiger partial charge in [-0.3, -0.25) is 0 Å². The van der Waals surface area contributed by atoms with E-state index in [9.17, 15) is 8.42 Å². The fraction of sp³-hybridized carbons (Fsp3) is 0.500.